The van der Waals surface area contributed by atoms with Gasteiger partial charge in [-0.1, -0.05) is 30.3 Å². The zero-order chi connectivity index (χ0) is 14.2. The van der Waals surface area contributed by atoms with Gasteiger partial charge in [-0.05, 0) is 31.4 Å². The minimum Gasteiger partial charge on any atom is -0.351 e. The smallest absolute Gasteiger partial charge is 0.237 e. The van der Waals surface area contributed by atoms with E-state index in [1.54, 1.807) is 0 Å². The number of nitrogens with zero attached hydrogens (tertiary/aromatic N) is 2. The summed E-state index contributed by atoms with van der Waals surface area (Å²) in [4.78, 5) is 16.9. The van der Waals surface area contributed by atoms with E-state index in [4.69, 9.17) is 0 Å². The Kier molecular flexibility index (Phi) is 3.43. The molecule has 112 valence electrons. The Labute approximate surface area is 126 Å². The second-order valence-corrected chi connectivity index (χ2v) is 6.67. The highest BCUT2D eigenvalue weighted by molar-refractivity contribution is 5.85. The van der Waals surface area contributed by atoms with Gasteiger partial charge >= 0.3 is 0 Å². The molecule has 3 aliphatic rings. The third-order valence-corrected chi connectivity index (χ3v) is 5.19. The molecule has 3 saturated heterocycles. The summed E-state index contributed by atoms with van der Waals surface area (Å²) in [5, 5.41) is 3.08. The summed E-state index contributed by atoms with van der Waals surface area (Å²) in [7, 11) is 0. The maximum Gasteiger partial charge on any atom is 0.237 e. The number of rotatable bonds is 3. The summed E-state index contributed by atoms with van der Waals surface area (Å²) in [5.74, 6) is 0.256. The van der Waals surface area contributed by atoms with Crippen LogP contribution in [-0.4, -0.2) is 53.5 Å². The number of carbonyl (C=O) groups excluding carboxylic acids is 1. The standard InChI is InChI=1S/C17H23N3O/c21-17-16-9-14(18-17)11-20(16)15-7-4-8-19(12-15)10-13-5-2-1-3-6-13/h1-3,5-6,14-16H,4,7-12H2,(H,18,21)/t14-,15?,16-/m1/s1. The molecule has 0 saturated carbocycles. The molecule has 3 atom stereocenters. The van der Waals surface area contributed by atoms with E-state index in [0.29, 0.717) is 12.1 Å². The molecule has 1 aromatic rings. The van der Waals surface area contributed by atoms with Gasteiger partial charge in [-0.25, -0.2) is 0 Å². The first-order valence-corrected chi connectivity index (χ1v) is 8.12. The second kappa shape index (κ2) is 5.43. The Morgan fingerprint density at radius 2 is 2.05 bits per heavy atom. The molecule has 1 aromatic carbocycles. The van der Waals surface area contributed by atoms with E-state index in [-0.39, 0.29) is 11.9 Å². The SMILES string of the molecule is O=C1N[C@@H]2C[C@H]1N(C1CCCN(Cc3ccccc3)C1)C2. The van der Waals surface area contributed by atoms with Crippen LogP contribution in [0.25, 0.3) is 0 Å². The Balaban J connectivity index is 1.40. The summed E-state index contributed by atoms with van der Waals surface area (Å²) >= 11 is 0. The van der Waals surface area contributed by atoms with Crippen LogP contribution < -0.4 is 5.32 Å². The molecule has 3 aliphatic heterocycles. The first-order valence-electron chi connectivity index (χ1n) is 8.12. The maximum atomic E-state index is 11.9. The summed E-state index contributed by atoms with van der Waals surface area (Å²) in [6.45, 7) is 4.37. The van der Waals surface area contributed by atoms with E-state index < -0.39 is 0 Å². The van der Waals surface area contributed by atoms with Crippen LogP contribution in [-0.2, 0) is 11.3 Å². The Hall–Kier alpha value is -1.39. The molecular formula is C17H23N3O. The van der Waals surface area contributed by atoms with Crippen molar-refractivity contribution in [1.29, 1.82) is 0 Å². The second-order valence-electron chi connectivity index (χ2n) is 6.67. The van der Waals surface area contributed by atoms with Crippen molar-refractivity contribution in [2.75, 3.05) is 19.6 Å². The molecule has 3 fully saturated rings. The molecule has 0 radical (unpaired) electrons. The topological polar surface area (TPSA) is 35.6 Å². The quantitative estimate of drug-likeness (QED) is 0.907. The van der Waals surface area contributed by atoms with E-state index in [9.17, 15) is 4.79 Å². The van der Waals surface area contributed by atoms with Gasteiger partial charge in [-0.3, -0.25) is 14.6 Å². The minimum atomic E-state index is 0.150. The molecule has 3 heterocycles. The van der Waals surface area contributed by atoms with E-state index >= 15 is 0 Å². The monoisotopic (exact) mass is 285 g/mol. The molecule has 0 aromatic heterocycles. The van der Waals surface area contributed by atoms with Crippen LogP contribution in [0.2, 0.25) is 0 Å². The molecular weight excluding hydrogens is 262 g/mol. The number of likely N-dealkylation sites (tertiary alicyclic amines) is 2. The van der Waals surface area contributed by atoms with Crippen molar-refractivity contribution in [2.45, 2.75) is 43.9 Å². The van der Waals surface area contributed by atoms with Gasteiger partial charge in [0.1, 0.15) is 0 Å². The van der Waals surface area contributed by atoms with Gasteiger partial charge in [0, 0.05) is 31.7 Å². The lowest BCUT2D eigenvalue weighted by atomic mass is 10.0. The lowest BCUT2D eigenvalue weighted by Gasteiger charge is -2.40. The van der Waals surface area contributed by atoms with Crippen molar-refractivity contribution in [2.24, 2.45) is 0 Å². The normalized spacial score (nSPS) is 33.3. The number of nitrogens with one attached hydrogen (secondary N) is 1. The highest BCUT2D eigenvalue weighted by Crippen LogP contribution is 2.30. The van der Waals surface area contributed by atoms with Gasteiger partial charge < -0.3 is 5.32 Å². The highest BCUT2D eigenvalue weighted by atomic mass is 16.2. The molecule has 1 N–H and O–H groups in total. The van der Waals surface area contributed by atoms with Crippen LogP contribution in [0.1, 0.15) is 24.8 Å². The average Bonchev–Trinajstić information content (AvgIpc) is 3.08. The molecule has 1 unspecified atom stereocenters. The van der Waals surface area contributed by atoms with Crippen LogP contribution in [0.4, 0.5) is 0 Å². The molecule has 4 rings (SSSR count). The van der Waals surface area contributed by atoms with Crippen molar-refractivity contribution in [3.05, 3.63) is 35.9 Å². The fraction of sp³-hybridized carbons (Fsp3) is 0.588. The zero-order valence-electron chi connectivity index (χ0n) is 12.4. The molecule has 21 heavy (non-hydrogen) atoms. The van der Waals surface area contributed by atoms with Gasteiger partial charge in [-0.2, -0.15) is 0 Å². The van der Waals surface area contributed by atoms with Gasteiger partial charge in [-0.15, -0.1) is 0 Å². The summed E-state index contributed by atoms with van der Waals surface area (Å²) < 4.78 is 0. The van der Waals surface area contributed by atoms with Crippen LogP contribution in [0.5, 0.6) is 0 Å². The molecule has 0 spiro atoms. The minimum absolute atomic E-state index is 0.150. The maximum absolute atomic E-state index is 11.9. The molecule has 4 heteroatoms. The summed E-state index contributed by atoms with van der Waals surface area (Å²) in [6.07, 6.45) is 3.50. The fourth-order valence-corrected chi connectivity index (χ4v) is 4.21. The zero-order valence-corrected chi connectivity index (χ0v) is 12.4. The van der Waals surface area contributed by atoms with Crippen LogP contribution in [0.15, 0.2) is 30.3 Å². The number of carbonyl (C=O) groups is 1. The van der Waals surface area contributed by atoms with Crippen molar-refractivity contribution in [1.82, 2.24) is 15.1 Å². The predicted molar refractivity (Wildman–Crippen MR) is 81.8 cm³/mol. The van der Waals surface area contributed by atoms with Crippen molar-refractivity contribution in [3.63, 3.8) is 0 Å². The number of amides is 1. The van der Waals surface area contributed by atoms with E-state index in [1.165, 1.54) is 24.9 Å². The Morgan fingerprint density at radius 3 is 2.81 bits per heavy atom. The molecule has 0 aliphatic carbocycles. The average molecular weight is 285 g/mol. The highest BCUT2D eigenvalue weighted by Gasteiger charge is 2.46. The van der Waals surface area contributed by atoms with Crippen molar-refractivity contribution in [3.8, 4) is 0 Å². The van der Waals surface area contributed by atoms with Crippen molar-refractivity contribution < 1.29 is 4.79 Å². The van der Waals surface area contributed by atoms with E-state index in [2.05, 4.69) is 45.4 Å². The molecule has 4 nitrogen and oxygen atoms in total. The third-order valence-electron chi connectivity index (χ3n) is 5.19. The molecule has 2 bridgehead atoms. The summed E-state index contributed by atoms with van der Waals surface area (Å²) in [5.41, 5.74) is 1.39. The summed E-state index contributed by atoms with van der Waals surface area (Å²) in [6, 6.07) is 11.8. The number of hydrogen-bond donors (Lipinski definition) is 1. The van der Waals surface area contributed by atoms with Gasteiger partial charge in [0.15, 0.2) is 0 Å². The van der Waals surface area contributed by atoms with E-state index in [1.807, 2.05) is 0 Å². The predicted octanol–water partition coefficient (Wildman–Crippen LogP) is 1.22. The number of hydrogen-bond acceptors (Lipinski definition) is 3. The van der Waals surface area contributed by atoms with Crippen LogP contribution >= 0.6 is 0 Å². The molecule has 1 amide bonds. The van der Waals surface area contributed by atoms with E-state index in [0.717, 1.165) is 26.1 Å². The van der Waals surface area contributed by atoms with Gasteiger partial charge in [0.05, 0.1) is 6.04 Å². The first-order chi connectivity index (χ1) is 10.3. The van der Waals surface area contributed by atoms with Crippen LogP contribution in [0.3, 0.4) is 0 Å². The lowest BCUT2D eigenvalue weighted by molar-refractivity contribution is -0.126. The number of fused-ring (bicyclic) bond motifs is 2. The van der Waals surface area contributed by atoms with Gasteiger partial charge in [0.2, 0.25) is 5.91 Å². The Bertz CT molecular complexity index is 518. The lowest BCUT2D eigenvalue weighted by Crippen LogP contribution is -2.56. The largest absolute Gasteiger partial charge is 0.351 e. The van der Waals surface area contributed by atoms with Crippen LogP contribution in [0, 0.1) is 0 Å². The number of piperidine rings is 1. The van der Waals surface area contributed by atoms with Gasteiger partial charge in [0.25, 0.3) is 0 Å². The number of piperazine rings is 1. The third kappa shape index (κ3) is 2.58. The first kappa shape index (κ1) is 13.3. The fourth-order valence-electron chi connectivity index (χ4n) is 4.21. The van der Waals surface area contributed by atoms with Crippen molar-refractivity contribution >= 4 is 5.91 Å². The Morgan fingerprint density at radius 1 is 1.19 bits per heavy atom. The number of benzene rings is 1.